The van der Waals surface area contributed by atoms with Crippen LogP contribution < -0.4 is 5.32 Å². The van der Waals surface area contributed by atoms with Crippen molar-refractivity contribution < 1.29 is 14.7 Å². The number of carbonyl (C=O) groups is 2. The van der Waals surface area contributed by atoms with E-state index < -0.39 is 12.0 Å². The number of carbonyl (C=O) groups excluding carboxylic acids is 1. The third-order valence-electron chi connectivity index (χ3n) is 3.58. The summed E-state index contributed by atoms with van der Waals surface area (Å²) in [4.78, 5) is 27.3. The minimum Gasteiger partial charge on any atom is -0.480 e. The number of amides is 1. The lowest BCUT2D eigenvalue weighted by atomic mass is 10.2. The molecule has 2 aliphatic heterocycles. The van der Waals surface area contributed by atoms with Gasteiger partial charge >= 0.3 is 5.97 Å². The third-order valence-corrected chi connectivity index (χ3v) is 5.04. The van der Waals surface area contributed by atoms with Crippen LogP contribution in [-0.4, -0.2) is 76.7 Å². The Morgan fingerprint density at radius 3 is 2.63 bits per heavy atom. The Morgan fingerprint density at radius 2 is 2.05 bits per heavy atom. The number of nitrogens with one attached hydrogen (secondary N) is 1. The van der Waals surface area contributed by atoms with Gasteiger partial charge in [0.25, 0.3) is 0 Å². The van der Waals surface area contributed by atoms with Gasteiger partial charge in [0.2, 0.25) is 5.91 Å². The number of hydrogen-bond donors (Lipinski definition) is 2. The van der Waals surface area contributed by atoms with Crippen molar-refractivity contribution in [3.63, 3.8) is 0 Å². The molecule has 2 rings (SSSR count). The highest BCUT2D eigenvalue weighted by molar-refractivity contribution is 8.00. The van der Waals surface area contributed by atoms with Crippen LogP contribution in [0.2, 0.25) is 0 Å². The Balaban J connectivity index is 1.99. The zero-order chi connectivity index (χ0) is 13.8. The zero-order valence-electron chi connectivity index (χ0n) is 11.2. The topological polar surface area (TPSA) is 72.9 Å². The molecule has 0 aromatic rings. The molecule has 19 heavy (non-hydrogen) atoms. The standard InChI is InChI=1S/C12H21N3O3S/c1-2-11-15(9(8-19-11)12(17)18)10(16)7-14-5-3-13-4-6-14/h9,11,13H,2-8H2,1H3,(H,17,18). The van der Waals surface area contributed by atoms with E-state index in [4.69, 9.17) is 0 Å². The lowest BCUT2D eigenvalue weighted by Gasteiger charge is -2.31. The van der Waals surface area contributed by atoms with Crippen LogP contribution in [0.15, 0.2) is 0 Å². The summed E-state index contributed by atoms with van der Waals surface area (Å²) in [5.74, 6) is -0.440. The molecule has 0 radical (unpaired) electrons. The average Bonchev–Trinajstić information content (AvgIpc) is 2.83. The number of carboxylic acids is 1. The monoisotopic (exact) mass is 287 g/mol. The van der Waals surface area contributed by atoms with Crippen LogP contribution in [0.3, 0.4) is 0 Å². The molecule has 0 spiro atoms. The number of aliphatic carboxylic acids is 1. The van der Waals surface area contributed by atoms with Gasteiger partial charge < -0.3 is 15.3 Å². The van der Waals surface area contributed by atoms with Gasteiger partial charge in [0, 0.05) is 31.9 Å². The van der Waals surface area contributed by atoms with Crippen LogP contribution in [-0.2, 0) is 9.59 Å². The van der Waals surface area contributed by atoms with Gasteiger partial charge in [-0.1, -0.05) is 6.92 Å². The zero-order valence-corrected chi connectivity index (χ0v) is 12.0. The van der Waals surface area contributed by atoms with E-state index in [9.17, 15) is 14.7 Å². The highest BCUT2D eigenvalue weighted by Gasteiger charge is 2.40. The fraction of sp³-hybridized carbons (Fsp3) is 0.833. The van der Waals surface area contributed by atoms with Crippen LogP contribution in [0.4, 0.5) is 0 Å². The van der Waals surface area contributed by atoms with Gasteiger partial charge in [0.1, 0.15) is 6.04 Å². The van der Waals surface area contributed by atoms with Gasteiger partial charge in [-0.2, -0.15) is 0 Å². The molecule has 1 amide bonds. The smallest absolute Gasteiger partial charge is 0.327 e. The maximum atomic E-state index is 12.4. The van der Waals surface area contributed by atoms with E-state index in [-0.39, 0.29) is 11.3 Å². The number of hydrogen-bond acceptors (Lipinski definition) is 5. The Morgan fingerprint density at radius 1 is 1.37 bits per heavy atom. The summed E-state index contributed by atoms with van der Waals surface area (Å²) >= 11 is 1.57. The number of thioether (sulfide) groups is 1. The van der Waals surface area contributed by atoms with E-state index in [0.29, 0.717) is 12.3 Å². The fourth-order valence-corrected chi connectivity index (χ4v) is 3.91. The summed E-state index contributed by atoms with van der Waals surface area (Å²) in [6.45, 7) is 5.81. The Kier molecular flexibility index (Phi) is 5.06. The largest absolute Gasteiger partial charge is 0.480 e. The Hall–Kier alpha value is -0.790. The van der Waals surface area contributed by atoms with Crippen molar-refractivity contribution in [2.24, 2.45) is 0 Å². The van der Waals surface area contributed by atoms with Gasteiger partial charge in [-0.05, 0) is 6.42 Å². The molecule has 6 nitrogen and oxygen atoms in total. The first-order chi connectivity index (χ1) is 9.13. The summed E-state index contributed by atoms with van der Waals surface area (Å²) in [7, 11) is 0. The van der Waals surface area contributed by atoms with Crippen molar-refractivity contribution in [3.8, 4) is 0 Å². The first-order valence-electron chi connectivity index (χ1n) is 6.72. The highest BCUT2D eigenvalue weighted by atomic mass is 32.2. The predicted molar refractivity (Wildman–Crippen MR) is 74.1 cm³/mol. The third kappa shape index (κ3) is 3.40. The lowest BCUT2D eigenvalue weighted by molar-refractivity contribution is -0.149. The summed E-state index contributed by atoms with van der Waals surface area (Å²) in [5, 5.41) is 12.5. The minimum absolute atomic E-state index is 0.0107. The first kappa shape index (κ1) is 14.6. The van der Waals surface area contributed by atoms with E-state index >= 15 is 0 Å². The van der Waals surface area contributed by atoms with Crippen molar-refractivity contribution in [3.05, 3.63) is 0 Å². The minimum atomic E-state index is -0.892. The van der Waals surface area contributed by atoms with Crippen LogP contribution in [0.25, 0.3) is 0 Å². The average molecular weight is 287 g/mol. The van der Waals surface area contributed by atoms with Crippen LogP contribution in [0, 0.1) is 0 Å². The number of carboxylic acid groups (broad SMARTS) is 1. The van der Waals surface area contributed by atoms with E-state index in [1.54, 1.807) is 16.7 Å². The molecule has 2 unspecified atom stereocenters. The van der Waals surface area contributed by atoms with Crippen LogP contribution in [0.5, 0.6) is 0 Å². The SMILES string of the molecule is CCC1SCC(C(=O)O)N1C(=O)CN1CCNCC1. The Labute approximate surface area is 117 Å². The summed E-state index contributed by atoms with van der Waals surface area (Å²) < 4.78 is 0. The second-order valence-corrected chi connectivity index (χ2v) is 6.09. The highest BCUT2D eigenvalue weighted by Crippen LogP contribution is 2.31. The maximum absolute atomic E-state index is 12.4. The Bertz CT molecular complexity index is 347. The molecule has 2 saturated heterocycles. The van der Waals surface area contributed by atoms with Crippen molar-refractivity contribution in [1.29, 1.82) is 0 Å². The van der Waals surface area contributed by atoms with E-state index in [2.05, 4.69) is 10.2 Å². The second kappa shape index (κ2) is 6.58. The summed E-state index contributed by atoms with van der Waals surface area (Å²) in [6, 6.07) is -0.662. The predicted octanol–water partition coefficient (Wildman–Crippen LogP) is -0.344. The first-order valence-corrected chi connectivity index (χ1v) is 7.77. The quantitative estimate of drug-likeness (QED) is 0.737. The molecule has 2 fully saturated rings. The van der Waals surface area contributed by atoms with Crippen LogP contribution in [0.1, 0.15) is 13.3 Å². The van der Waals surface area contributed by atoms with Gasteiger partial charge in [0.15, 0.2) is 0 Å². The molecule has 0 aliphatic carbocycles. The summed E-state index contributed by atoms with van der Waals surface area (Å²) in [5.41, 5.74) is 0. The molecule has 108 valence electrons. The summed E-state index contributed by atoms with van der Waals surface area (Å²) in [6.07, 6.45) is 0.793. The molecule has 0 bridgehead atoms. The molecule has 2 heterocycles. The molecular formula is C12H21N3O3S. The van der Waals surface area contributed by atoms with E-state index in [1.165, 1.54) is 0 Å². The molecule has 7 heteroatoms. The van der Waals surface area contributed by atoms with E-state index in [0.717, 1.165) is 32.6 Å². The molecule has 2 aliphatic rings. The number of piperazine rings is 1. The molecular weight excluding hydrogens is 266 g/mol. The fourth-order valence-electron chi connectivity index (χ4n) is 2.54. The molecule has 2 atom stereocenters. The van der Waals surface area contributed by atoms with Crippen molar-refractivity contribution in [2.75, 3.05) is 38.5 Å². The second-order valence-electron chi connectivity index (χ2n) is 4.88. The van der Waals surface area contributed by atoms with Gasteiger partial charge in [0.05, 0.1) is 11.9 Å². The number of rotatable bonds is 4. The molecule has 2 N–H and O–H groups in total. The van der Waals surface area contributed by atoms with Gasteiger partial charge in [-0.25, -0.2) is 4.79 Å². The normalized spacial score (nSPS) is 28.6. The van der Waals surface area contributed by atoms with Gasteiger partial charge in [-0.15, -0.1) is 11.8 Å². The lowest BCUT2D eigenvalue weighted by Crippen LogP contribution is -2.52. The van der Waals surface area contributed by atoms with Crippen molar-refractivity contribution in [2.45, 2.75) is 24.8 Å². The van der Waals surface area contributed by atoms with Crippen molar-refractivity contribution >= 4 is 23.6 Å². The van der Waals surface area contributed by atoms with E-state index in [1.807, 2.05) is 6.92 Å². The van der Waals surface area contributed by atoms with Crippen LogP contribution >= 0.6 is 11.8 Å². The maximum Gasteiger partial charge on any atom is 0.327 e. The molecule has 0 aromatic heterocycles. The van der Waals surface area contributed by atoms with Crippen molar-refractivity contribution in [1.82, 2.24) is 15.1 Å². The van der Waals surface area contributed by atoms with Gasteiger partial charge in [-0.3, -0.25) is 9.69 Å². The molecule has 0 aromatic carbocycles. The number of nitrogens with zero attached hydrogens (tertiary/aromatic N) is 2. The molecule has 0 saturated carbocycles.